The van der Waals surface area contributed by atoms with E-state index in [1.807, 2.05) is 37.3 Å². The second-order valence-electron chi connectivity index (χ2n) is 6.25. The molecule has 0 saturated carbocycles. The number of nitrogens with zero attached hydrogens (tertiary/aromatic N) is 2. The zero-order valence-electron chi connectivity index (χ0n) is 15.7. The quantitative estimate of drug-likeness (QED) is 0.605. The number of hydrogen-bond acceptors (Lipinski definition) is 6. The van der Waals surface area contributed by atoms with Gasteiger partial charge in [-0.1, -0.05) is 24.3 Å². The molecule has 0 amide bonds. The molecule has 8 heteroatoms. The molecule has 0 spiro atoms. The highest BCUT2D eigenvalue weighted by atomic mass is 32.2. The maximum absolute atomic E-state index is 12.4. The third kappa shape index (κ3) is 5.20. The van der Waals surface area contributed by atoms with E-state index in [2.05, 4.69) is 20.2 Å². The first-order valence-electron chi connectivity index (χ1n) is 8.76. The Morgan fingerprint density at radius 3 is 2.43 bits per heavy atom. The van der Waals surface area contributed by atoms with E-state index < -0.39 is 10.0 Å². The molecule has 0 aliphatic heterocycles. The molecule has 0 aliphatic rings. The molecule has 28 heavy (non-hydrogen) atoms. The molecular formula is C20H22N4O3S. The molecule has 0 unspecified atom stereocenters. The minimum absolute atomic E-state index is 0.167. The summed E-state index contributed by atoms with van der Waals surface area (Å²) in [6.07, 6.45) is 0.792. The first-order valence-corrected chi connectivity index (χ1v) is 10.2. The van der Waals surface area contributed by atoms with Crippen LogP contribution >= 0.6 is 0 Å². The van der Waals surface area contributed by atoms with Gasteiger partial charge in [-0.2, -0.15) is 0 Å². The Balaban J connectivity index is 1.57. The molecule has 3 aromatic rings. The van der Waals surface area contributed by atoms with Crippen molar-refractivity contribution in [3.8, 4) is 5.75 Å². The second-order valence-corrected chi connectivity index (χ2v) is 7.94. The number of rotatable bonds is 8. The minimum atomic E-state index is -3.69. The van der Waals surface area contributed by atoms with Crippen LogP contribution in [-0.4, -0.2) is 32.3 Å². The maximum Gasteiger partial charge on any atom is 0.263 e. The Hall–Kier alpha value is -3.13. The average molecular weight is 398 g/mol. The molecule has 0 radical (unpaired) electrons. The third-order valence-electron chi connectivity index (χ3n) is 4.06. The Morgan fingerprint density at radius 1 is 0.964 bits per heavy atom. The summed E-state index contributed by atoms with van der Waals surface area (Å²) in [6.45, 7) is 2.50. The summed E-state index contributed by atoms with van der Waals surface area (Å²) in [6, 6.07) is 17.8. The highest BCUT2D eigenvalue weighted by Crippen LogP contribution is 2.16. The van der Waals surface area contributed by atoms with Gasteiger partial charge < -0.3 is 10.1 Å². The number of aromatic nitrogens is 2. The van der Waals surface area contributed by atoms with Crippen LogP contribution in [0.15, 0.2) is 65.6 Å². The Morgan fingerprint density at radius 2 is 1.71 bits per heavy atom. The number of benzene rings is 2. The summed E-state index contributed by atoms with van der Waals surface area (Å²) in [5.74, 6) is 1.56. The van der Waals surface area contributed by atoms with Crippen LogP contribution in [0.4, 0.5) is 11.6 Å². The van der Waals surface area contributed by atoms with Gasteiger partial charge in [0.2, 0.25) is 0 Å². The number of anilines is 2. The van der Waals surface area contributed by atoms with Crippen molar-refractivity contribution in [1.29, 1.82) is 0 Å². The average Bonchev–Trinajstić information content (AvgIpc) is 2.69. The smallest absolute Gasteiger partial charge is 0.263 e. The lowest BCUT2D eigenvalue weighted by Crippen LogP contribution is -2.15. The predicted molar refractivity (Wildman–Crippen MR) is 109 cm³/mol. The van der Waals surface area contributed by atoms with Gasteiger partial charge in [-0.05, 0) is 60.9 Å². The summed E-state index contributed by atoms with van der Waals surface area (Å²) in [5.41, 5.74) is 2.01. The topological polar surface area (TPSA) is 93.2 Å². The SMILES string of the molecule is COc1cccc(CCNc2ccc(NS(=O)(=O)c3cccc(C)c3)nn2)c1. The Kier molecular flexibility index (Phi) is 6.10. The van der Waals surface area contributed by atoms with E-state index in [0.717, 1.165) is 23.3 Å². The van der Waals surface area contributed by atoms with Crippen LogP contribution in [0.1, 0.15) is 11.1 Å². The molecule has 0 aliphatic carbocycles. The van der Waals surface area contributed by atoms with Crippen LogP contribution in [-0.2, 0) is 16.4 Å². The summed E-state index contributed by atoms with van der Waals surface area (Å²) < 4.78 is 32.5. The highest BCUT2D eigenvalue weighted by Gasteiger charge is 2.15. The first-order chi connectivity index (χ1) is 13.5. The number of aryl methyl sites for hydroxylation is 1. The van der Waals surface area contributed by atoms with Gasteiger partial charge in [-0.25, -0.2) is 8.42 Å². The standard InChI is InChI=1S/C20H22N4O3S/c1-15-5-3-8-18(13-15)28(25,26)24-20-10-9-19(22-23-20)21-12-11-16-6-4-7-17(14-16)27-2/h3-10,13-14H,11-12H2,1-2H3,(H,21,22)(H,23,24). The fourth-order valence-electron chi connectivity index (χ4n) is 2.62. The van der Waals surface area contributed by atoms with Gasteiger partial charge in [-0.15, -0.1) is 10.2 Å². The first kappa shape index (κ1) is 19.6. The summed E-state index contributed by atoms with van der Waals surface area (Å²) in [7, 11) is -2.05. The summed E-state index contributed by atoms with van der Waals surface area (Å²) in [5, 5.41) is 11.1. The molecule has 0 saturated heterocycles. The Bertz CT molecular complexity index is 1040. The normalized spacial score (nSPS) is 11.1. The lowest BCUT2D eigenvalue weighted by atomic mass is 10.1. The van der Waals surface area contributed by atoms with E-state index in [0.29, 0.717) is 12.4 Å². The number of ether oxygens (including phenoxy) is 1. The van der Waals surface area contributed by atoms with Crippen molar-refractivity contribution in [2.45, 2.75) is 18.2 Å². The molecule has 0 bridgehead atoms. The molecule has 3 rings (SSSR count). The van der Waals surface area contributed by atoms with E-state index in [-0.39, 0.29) is 10.7 Å². The highest BCUT2D eigenvalue weighted by molar-refractivity contribution is 7.92. The van der Waals surface area contributed by atoms with Crippen molar-refractivity contribution in [1.82, 2.24) is 10.2 Å². The van der Waals surface area contributed by atoms with E-state index in [9.17, 15) is 8.42 Å². The molecule has 2 aromatic carbocycles. The zero-order chi connectivity index (χ0) is 20.0. The number of methoxy groups -OCH3 is 1. The van der Waals surface area contributed by atoms with Crippen LogP contribution in [0.5, 0.6) is 5.75 Å². The predicted octanol–water partition coefficient (Wildman–Crippen LogP) is 3.25. The number of hydrogen-bond donors (Lipinski definition) is 2. The van der Waals surface area contributed by atoms with Gasteiger partial charge in [0.05, 0.1) is 12.0 Å². The van der Waals surface area contributed by atoms with Gasteiger partial charge in [-0.3, -0.25) is 4.72 Å². The molecule has 146 valence electrons. The maximum atomic E-state index is 12.4. The van der Waals surface area contributed by atoms with Gasteiger partial charge in [0.25, 0.3) is 10.0 Å². The molecule has 1 aromatic heterocycles. The number of nitrogens with one attached hydrogen (secondary N) is 2. The van der Waals surface area contributed by atoms with Crippen LogP contribution in [0.3, 0.4) is 0 Å². The van der Waals surface area contributed by atoms with Crippen molar-refractivity contribution in [2.24, 2.45) is 0 Å². The van der Waals surface area contributed by atoms with Crippen molar-refractivity contribution >= 4 is 21.7 Å². The number of sulfonamides is 1. The van der Waals surface area contributed by atoms with Crippen molar-refractivity contribution in [3.63, 3.8) is 0 Å². The molecule has 7 nitrogen and oxygen atoms in total. The largest absolute Gasteiger partial charge is 0.497 e. The van der Waals surface area contributed by atoms with Crippen molar-refractivity contribution in [2.75, 3.05) is 23.7 Å². The molecule has 0 atom stereocenters. The fourth-order valence-corrected chi connectivity index (χ4v) is 3.72. The lowest BCUT2D eigenvalue weighted by Gasteiger charge is -2.09. The van der Waals surface area contributed by atoms with Crippen molar-refractivity contribution < 1.29 is 13.2 Å². The third-order valence-corrected chi connectivity index (χ3v) is 5.41. The molecule has 0 fully saturated rings. The van der Waals surface area contributed by atoms with Crippen LogP contribution in [0.25, 0.3) is 0 Å². The molecular weight excluding hydrogens is 376 g/mol. The van der Waals surface area contributed by atoms with Crippen molar-refractivity contribution in [3.05, 3.63) is 71.8 Å². The van der Waals surface area contributed by atoms with Gasteiger partial charge in [0, 0.05) is 6.54 Å². The molecule has 1 heterocycles. The fraction of sp³-hybridized carbons (Fsp3) is 0.200. The van der Waals surface area contributed by atoms with Gasteiger partial charge >= 0.3 is 0 Å². The van der Waals surface area contributed by atoms with Crippen LogP contribution in [0.2, 0.25) is 0 Å². The van der Waals surface area contributed by atoms with Gasteiger partial charge in [0.15, 0.2) is 5.82 Å². The lowest BCUT2D eigenvalue weighted by molar-refractivity contribution is 0.414. The van der Waals surface area contributed by atoms with E-state index >= 15 is 0 Å². The zero-order valence-corrected chi connectivity index (χ0v) is 16.5. The second kappa shape index (κ2) is 8.71. The summed E-state index contributed by atoms with van der Waals surface area (Å²) in [4.78, 5) is 0.190. The van der Waals surface area contributed by atoms with E-state index in [4.69, 9.17) is 4.74 Å². The van der Waals surface area contributed by atoms with E-state index in [1.54, 1.807) is 31.4 Å². The van der Waals surface area contributed by atoms with Crippen LogP contribution in [0, 0.1) is 6.92 Å². The monoisotopic (exact) mass is 398 g/mol. The van der Waals surface area contributed by atoms with Gasteiger partial charge in [0.1, 0.15) is 11.6 Å². The molecule has 2 N–H and O–H groups in total. The van der Waals surface area contributed by atoms with E-state index in [1.165, 1.54) is 6.07 Å². The van der Waals surface area contributed by atoms with Crippen LogP contribution < -0.4 is 14.8 Å². The Labute approximate surface area is 164 Å². The summed E-state index contributed by atoms with van der Waals surface area (Å²) >= 11 is 0. The minimum Gasteiger partial charge on any atom is -0.497 e.